The average molecular weight is 270 g/mol. The second-order valence-corrected chi connectivity index (χ2v) is 8.04. The smallest absolute Gasteiger partial charge is 0.0946 e. The second-order valence-electron chi connectivity index (χ2n) is 4.69. The third kappa shape index (κ3) is 3.44. The van der Waals surface area contributed by atoms with E-state index >= 15 is 0 Å². The van der Waals surface area contributed by atoms with Crippen LogP contribution in [0.1, 0.15) is 39.5 Å². The van der Waals surface area contributed by atoms with E-state index in [1.165, 1.54) is 31.4 Å². The minimum atomic E-state index is 0.388. The molecule has 2 nitrogen and oxygen atoms in total. The lowest BCUT2D eigenvalue weighted by atomic mass is 10.2. The van der Waals surface area contributed by atoms with Crippen LogP contribution in [0.3, 0.4) is 0 Å². The Kier molecular flexibility index (Phi) is 4.86. The van der Waals surface area contributed by atoms with Crippen molar-refractivity contribution < 1.29 is 0 Å². The Morgan fingerprint density at radius 3 is 3.00 bits per heavy atom. The number of imidazole rings is 1. The van der Waals surface area contributed by atoms with Crippen LogP contribution in [0.25, 0.3) is 0 Å². The van der Waals surface area contributed by atoms with Crippen molar-refractivity contribution in [2.45, 2.75) is 55.4 Å². The van der Waals surface area contributed by atoms with Gasteiger partial charge in [-0.2, -0.15) is 0 Å². The molecule has 1 aliphatic heterocycles. The summed E-state index contributed by atoms with van der Waals surface area (Å²) >= 11 is 4.37. The van der Waals surface area contributed by atoms with Gasteiger partial charge in [0.2, 0.25) is 0 Å². The van der Waals surface area contributed by atoms with Gasteiger partial charge in [0, 0.05) is 29.9 Å². The maximum Gasteiger partial charge on any atom is 0.0946 e. The molecule has 1 aromatic heterocycles. The minimum absolute atomic E-state index is 0.388. The van der Waals surface area contributed by atoms with Crippen LogP contribution in [0, 0.1) is 0 Å². The van der Waals surface area contributed by atoms with Gasteiger partial charge in [0.15, 0.2) is 0 Å². The van der Waals surface area contributed by atoms with Crippen molar-refractivity contribution in [2.75, 3.05) is 5.75 Å². The summed E-state index contributed by atoms with van der Waals surface area (Å²) in [5, 5.41) is 0.864. The van der Waals surface area contributed by atoms with Gasteiger partial charge < -0.3 is 4.57 Å². The zero-order valence-electron chi connectivity index (χ0n) is 10.8. The molecule has 96 valence electrons. The van der Waals surface area contributed by atoms with Crippen LogP contribution in [0.2, 0.25) is 0 Å². The summed E-state index contributed by atoms with van der Waals surface area (Å²) in [6.07, 6.45) is 11.2. The average Bonchev–Trinajstić information content (AvgIpc) is 2.97. The van der Waals surface area contributed by atoms with E-state index < -0.39 is 0 Å². The third-order valence-electron chi connectivity index (χ3n) is 3.31. The lowest BCUT2D eigenvalue weighted by molar-refractivity contribution is 0.613. The van der Waals surface area contributed by atoms with Gasteiger partial charge in [-0.05, 0) is 12.8 Å². The van der Waals surface area contributed by atoms with Crippen molar-refractivity contribution in [2.24, 2.45) is 0 Å². The first-order chi connectivity index (χ1) is 8.28. The van der Waals surface area contributed by atoms with E-state index in [-0.39, 0.29) is 0 Å². The minimum Gasteiger partial charge on any atom is -0.335 e. The quantitative estimate of drug-likeness (QED) is 0.777. The molecule has 17 heavy (non-hydrogen) atoms. The highest BCUT2D eigenvalue weighted by atomic mass is 32.2. The van der Waals surface area contributed by atoms with Gasteiger partial charge in [-0.1, -0.05) is 26.7 Å². The van der Waals surface area contributed by atoms with E-state index in [0.29, 0.717) is 4.08 Å². The topological polar surface area (TPSA) is 17.8 Å². The number of hydrogen-bond donors (Lipinski definition) is 0. The van der Waals surface area contributed by atoms with E-state index in [9.17, 15) is 0 Å². The summed E-state index contributed by atoms with van der Waals surface area (Å²) in [5.41, 5.74) is 0. The molecule has 0 amide bonds. The number of unbranched alkanes of at least 4 members (excludes halogenated alkanes) is 1. The molecule has 0 spiro atoms. The summed E-state index contributed by atoms with van der Waals surface area (Å²) in [6, 6.07) is 0. The molecule has 4 heteroatoms. The largest absolute Gasteiger partial charge is 0.335 e. The Bertz CT molecular complexity index is 326. The third-order valence-corrected chi connectivity index (χ3v) is 7.26. The fourth-order valence-corrected chi connectivity index (χ4v) is 5.97. The number of aromatic nitrogens is 2. The van der Waals surface area contributed by atoms with E-state index in [0.717, 1.165) is 11.8 Å². The fourth-order valence-electron chi connectivity index (χ4n) is 2.23. The molecule has 1 aliphatic rings. The van der Waals surface area contributed by atoms with Gasteiger partial charge in [0.05, 0.1) is 10.4 Å². The van der Waals surface area contributed by atoms with Crippen molar-refractivity contribution in [3.63, 3.8) is 0 Å². The molecule has 2 heterocycles. The molecule has 0 aromatic carbocycles. The maximum atomic E-state index is 4.14. The molecule has 0 saturated carbocycles. The highest BCUT2D eigenvalue weighted by Gasteiger charge is 2.39. The Morgan fingerprint density at radius 2 is 2.35 bits per heavy atom. The van der Waals surface area contributed by atoms with E-state index in [4.69, 9.17) is 0 Å². The highest BCUT2D eigenvalue weighted by molar-refractivity contribution is 8.21. The van der Waals surface area contributed by atoms with E-state index in [1.807, 2.05) is 12.5 Å². The fraction of sp³-hybridized carbons (Fsp3) is 0.769. The first-order valence-corrected chi connectivity index (χ1v) is 8.42. The van der Waals surface area contributed by atoms with Crippen LogP contribution in [0.4, 0.5) is 0 Å². The first kappa shape index (κ1) is 13.3. The van der Waals surface area contributed by atoms with Gasteiger partial charge in [0.1, 0.15) is 0 Å². The monoisotopic (exact) mass is 270 g/mol. The predicted molar refractivity (Wildman–Crippen MR) is 78.6 cm³/mol. The molecule has 0 bridgehead atoms. The number of thioether (sulfide) groups is 2. The molecular formula is C13H22N2S2. The Hall–Kier alpha value is -0.0900. The van der Waals surface area contributed by atoms with Crippen molar-refractivity contribution in [1.29, 1.82) is 0 Å². The molecule has 1 fully saturated rings. The number of nitrogens with zero attached hydrogens (tertiary/aromatic N) is 2. The van der Waals surface area contributed by atoms with Crippen molar-refractivity contribution in [1.82, 2.24) is 9.55 Å². The maximum absolute atomic E-state index is 4.14. The Balaban J connectivity index is 1.92. The van der Waals surface area contributed by atoms with Crippen LogP contribution in [-0.4, -0.2) is 24.6 Å². The molecule has 1 saturated heterocycles. The van der Waals surface area contributed by atoms with Crippen molar-refractivity contribution in [3.8, 4) is 0 Å². The van der Waals surface area contributed by atoms with Gasteiger partial charge in [0.25, 0.3) is 0 Å². The molecule has 0 aliphatic carbocycles. The molecular weight excluding hydrogens is 248 g/mol. The standard InChI is InChI=1S/C13H22N2S2/c1-3-5-6-12-9-16-13(4-2,17-12)10-15-8-7-14-11-15/h7-8,11-12H,3-6,9-10H2,1-2H3. The zero-order valence-corrected chi connectivity index (χ0v) is 12.4. The predicted octanol–water partition coefficient (Wildman–Crippen LogP) is 4.03. The lowest BCUT2D eigenvalue weighted by Crippen LogP contribution is -2.23. The second kappa shape index (κ2) is 6.19. The zero-order chi connectivity index (χ0) is 12.1. The van der Waals surface area contributed by atoms with Gasteiger partial charge in [-0.25, -0.2) is 4.98 Å². The van der Waals surface area contributed by atoms with Gasteiger partial charge in [-0.15, -0.1) is 23.5 Å². The lowest BCUT2D eigenvalue weighted by Gasteiger charge is -2.26. The van der Waals surface area contributed by atoms with Crippen LogP contribution >= 0.6 is 23.5 Å². The molecule has 2 rings (SSSR count). The number of rotatable bonds is 6. The molecule has 1 aromatic rings. The molecule has 0 N–H and O–H groups in total. The van der Waals surface area contributed by atoms with Crippen molar-refractivity contribution >= 4 is 23.5 Å². The summed E-state index contributed by atoms with van der Waals surface area (Å²) in [4.78, 5) is 4.14. The Labute approximate surface area is 113 Å². The molecule has 2 atom stereocenters. The van der Waals surface area contributed by atoms with Crippen LogP contribution in [0.5, 0.6) is 0 Å². The summed E-state index contributed by atoms with van der Waals surface area (Å²) in [7, 11) is 0. The Morgan fingerprint density at radius 1 is 1.47 bits per heavy atom. The molecule has 2 unspecified atom stereocenters. The molecule has 0 radical (unpaired) electrons. The van der Waals surface area contributed by atoms with Crippen LogP contribution in [0.15, 0.2) is 18.7 Å². The highest BCUT2D eigenvalue weighted by Crippen LogP contribution is 2.52. The van der Waals surface area contributed by atoms with Gasteiger partial charge >= 0.3 is 0 Å². The van der Waals surface area contributed by atoms with E-state index in [2.05, 4.69) is 53.1 Å². The summed E-state index contributed by atoms with van der Waals surface area (Å²) in [5.74, 6) is 1.33. The van der Waals surface area contributed by atoms with Gasteiger partial charge in [-0.3, -0.25) is 0 Å². The SMILES string of the molecule is CCCCC1CSC(CC)(Cn2ccnc2)S1. The van der Waals surface area contributed by atoms with Crippen LogP contribution in [-0.2, 0) is 6.54 Å². The summed E-state index contributed by atoms with van der Waals surface area (Å²) < 4.78 is 2.62. The first-order valence-electron chi connectivity index (χ1n) is 6.55. The van der Waals surface area contributed by atoms with E-state index in [1.54, 1.807) is 0 Å². The van der Waals surface area contributed by atoms with Crippen LogP contribution < -0.4 is 0 Å². The van der Waals surface area contributed by atoms with Crippen molar-refractivity contribution in [3.05, 3.63) is 18.7 Å². The normalized spacial score (nSPS) is 28.7. The number of hydrogen-bond acceptors (Lipinski definition) is 3. The summed E-state index contributed by atoms with van der Waals surface area (Å²) in [6.45, 7) is 5.70.